The van der Waals surface area contributed by atoms with Gasteiger partial charge < -0.3 is 10.6 Å². The number of nitrogens with zero attached hydrogens (tertiary/aromatic N) is 3. The standard InChI is InChI=1S/C11H24N4O2S/c1-3-15(4-2)11(12)13-5-6-14-7-9-18(16,17)10-8-14/h3-10H2,1-2H3,(H2,12,13). The molecule has 0 radical (unpaired) electrons. The largest absolute Gasteiger partial charge is 0.370 e. The number of rotatable bonds is 5. The molecule has 0 bridgehead atoms. The van der Waals surface area contributed by atoms with Gasteiger partial charge in [0.15, 0.2) is 15.8 Å². The molecule has 7 heteroatoms. The zero-order valence-electron chi connectivity index (χ0n) is 11.3. The van der Waals surface area contributed by atoms with E-state index in [-0.39, 0.29) is 11.5 Å². The molecule has 0 aromatic rings. The molecule has 1 rings (SSSR count). The number of sulfone groups is 1. The van der Waals surface area contributed by atoms with Crippen LogP contribution in [0.1, 0.15) is 13.8 Å². The summed E-state index contributed by atoms with van der Waals surface area (Å²) < 4.78 is 22.5. The van der Waals surface area contributed by atoms with Crippen LogP contribution in [-0.4, -0.2) is 75.0 Å². The van der Waals surface area contributed by atoms with E-state index in [2.05, 4.69) is 9.89 Å². The second kappa shape index (κ2) is 6.94. The summed E-state index contributed by atoms with van der Waals surface area (Å²) in [6.07, 6.45) is 0. The van der Waals surface area contributed by atoms with E-state index in [1.54, 1.807) is 0 Å². The molecule has 0 unspecified atom stereocenters. The Morgan fingerprint density at radius 3 is 2.33 bits per heavy atom. The molecule has 1 aliphatic heterocycles. The third-order valence-electron chi connectivity index (χ3n) is 3.21. The monoisotopic (exact) mass is 276 g/mol. The van der Waals surface area contributed by atoms with Gasteiger partial charge in [-0.1, -0.05) is 0 Å². The fourth-order valence-electron chi connectivity index (χ4n) is 1.93. The summed E-state index contributed by atoms with van der Waals surface area (Å²) in [5.41, 5.74) is 5.86. The summed E-state index contributed by atoms with van der Waals surface area (Å²) in [5.74, 6) is 1.11. The van der Waals surface area contributed by atoms with Crippen LogP contribution in [0.2, 0.25) is 0 Å². The second-order valence-corrected chi connectivity index (χ2v) is 6.71. The van der Waals surface area contributed by atoms with Crippen molar-refractivity contribution in [1.82, 2.24) is 9.80 Å². The van der Waals surface area contributed by atoms with Crippen LogP contribution < -0.4 is 5.73 Å². The molecule has 1 aliphatic rings. The van der Waals surface area contributed by atoms with Crippen LogP contribution in [0.3, 0.4) is 0 Å². The van der Waals surface area contributed by atoms with Crippen LogP contribution in [0.4, 0.5) is 0 Å². The van der Waals surface area contributed by atoms with E-state index in [0.29, 0.717) is 25.6 Å². The maximum atomic E-state index is 11.3. The van der Waals surface area contributed by atoms with Crippen LogP contribution in [0, 0.1) is 0 Å². The van der Waals surface area contributed by atoms with E-state index in [9.17, 15) is 8.42 Å². The van der Waals surface area contributed by atoms with Crippen molar-refractivity contribution in [2.45, 2.75) is 13.8 Å². The average molecular weight is 276 g/mol. The van der Waals surface area contributed by atoms with Crippen molar-refractivity contribution in [3.63, 3.8) is 0 Å². The summed E-state index contributed by atoms with van der Waals surface area (Å²) >= 11 is 0. The fourth-order valence-corrected chi connectivity index (χ4v) is 3.20. The highest BCUT2D eigenvalue weighted by atomic mass is 32.2. The molecular weight excluding hydrogens is 252 g/mol. The second-order valence-electron chi connectivity index (χ2n) is 4.41. The van der Waals surface area contributed by atoms with E-state index in [0.717, 1.165) is 19.6 Å². The Kier molecular flexibility index (Phi) is 5.87. The molecule has 1 saturated heterocycles. The van der Waals surface area contributed by atoms with E-state index in [1.165, 1.54) is 0 Å². The van der Waals surface area contributed by atoms with Crippen molar-refractivity contribution in [2.75, 3.05) is 50.8 Å². The zero-order chi connectivity index (χ0) is 13.6. The van der Waals surface area contributed by atoms with Crippen LogP contribution in [0.5, 0.6) is 0 Å². The molecule has 2 N–H and O–H groups in total. The topological polar surface area (TPSA) is 79.0 Å². The molecule has 106 valence electrons. The van der Waals surface area contributed by atoms with Crippen LogP contribution >= 0.6 is 0 Å². The number of hydrogen-bond donors (Lipinski definition) is 1. The normalized spacial score (nSPS) is 20.9. The highest BCUT2D eigenvalue weighted by molar-refractivity contribution is 7.91. The number of aliphatic imine (C=N–C) groups is 1. The average Bonchev–Trinajstić information content (AvgIpc) is 2.33. The lowest BCUT2D eigenvalue weighted by atomic mass is 10.4. The minimum absolute atomic E-state index is 0.266. The maximum absolute atomic E-state index is 11.3. The number of nitrogens with two attached hydrogens (primary N) is 1. The number of hydrogen-bond acceptors (Lipinski definition) is 4. The van der Waals surface area contributed by atoms with E-state index >= 15 is 0 Å². The lowest BCUT2D eigenvalue weighted by molar-refractivity contribution is 0.303. The maximum Gasteiger partial charge on any atom is 0.191 e. The molecule has 0 amide bonds. The fraction of sp³-hybridized carbons (Fsp3) is 0.909. The summed E-state index contributed by atoms with van der Waals surface area (Å²) in [6, 6.07) is 0. The van der Waals surface area contributed by atoms with Gasteiger partial charge in [-0.15, -0.1) is 0 Å². The molecule has 0 aromatic heterocycles. The Balaban J connectivity index is 2.32. The summed E-state index contributed by atoms with van der Waals surface area (Å²) in [4.78, 5) is 8.45. The first kappa shape index (κ1) is 15.2. The van der Waals surface area contributed by atoms with Crippen LogP contribution in [0.15, 0.2) is 4.99 Å². The van der Waals surface area contributed by atoms with Gasteiger partial charge in [-0.3, -0.25) is 9.89 Å². The molecule has 0 saturated carbocycles. The molecule has 1 heterocycles. The third-order valence-corrected chi connectivity index (χ3v) is 4.82. The van der Waals surface area contributed by atoms with Gasteiger partial charge in [0.25, 0.3) is 0 Å². The Labute approximate surface area is 110 Å². The molecule has 18 heavy (non-hydrogen) atoms. The SMILES string of the molecule is CCN(CC)C(N)=NCCN1CCS(=O)(=O)CC1. The Morgan fingerprint density at radius 2 is 1.83 bits per heavy atom. The first-order chi connectivity index (χ1) is 8.48. The van der Waals surface area contributed by atoms with Gasteiger partial charge in [-0.2, -0.15) is 0 Å². The molecule has 0 aliphatic carbocycles. The van der Waals surface area contributed by atoms with Gasteiger partial charge in [0.1, 0.15) is 0 Å². The van der Waals surface area contributed by atoms with Gasteiger partial charge in [-0.05, 0) is 13.8 Å². The highest BCUT2D eigenvalue weighted by Crippen LogP contribution is 2.02. The molecule has 0 spiro atoms. The first-order valence-corrected chi connectivity index (χ1v) is 8.28. The summed E-state index contributed by atoms with van der Waals surface area (Å²) in [7, 11) is -2.79. The molecule has 0 atom stereocenters. The Bertz CT molecular complexity index is 363. The van der Waals surface area contributed by atoms with Gasteiger partial charge in [0, 0.05) is 32.7 Å². The van der Waals surface area contributed by atoms with Crippen molar-refractivity contribution < 1.29 is 8.42 Å². The van der Waals surface area contributed by atoms with Crippen molar-refractivity contribution >= 4 is 15.8 Å². The highest BCUT2D eigenvalue weighted by Gasteiger charge is 2.20. The van der Waals surface area contributed by atoms with Crippen molar-refractivity contribution in [3.8, 4) is 0 Å². The van der Waals surface area contributed by atoms with Gasteiger partial charge >= 0.3 is 0 Å². The Morgan fingerprint density at radius 1 is 1.28 bits per heavy atom. The third kappa shape index (κ3) is 4.81. The van der Waals surface area contributed by atoms with Crippen LogP contribution in [-0.2, 0) is 9.84 Å². The predicted molar refractivity (Wildman–Crippen MR) is 74.5 cm³/mol. The predicted octanol–water partition coefficient (Wildman–Crippen LogP) is -0.627. The van der Waals surface area contributed by atoms with E-state index < -0.39 is 9.84 Å². The first-order valence-electron chi connectivity index (χ1n) is 6.46. The van der Waals surface area contributed by atoms with Gasteiger partial charge in [-0.25, -0.2) is 8.42 Å². The quantitative estimate of drug-likeness (QED) is 0.534. The van der Waals surface area contributed by atoms with E-state index in [4.69, 9.17) is 5.73 Å². The minimum atomic E-state index is -2.79. The minimum Gasteiger partial charge on any atom is -0.370 e. The smallest absolute Gasteiger partial charge is 0.191 e. The Hall–Kier alpha value is -0.820. The lowest BCUT2D eigenvalue weighted by Gasteiger charge is -2.26. The zero-order valence-corrected chi connectivity index (χ0v) is 12.1. The summed E-state index contributed by atoms with van der Waals surface area (Å²) in [6.45, 7) is 8.43. The van der Waals surface area contributed by atoms with Crippen molar-refractivity contribution in [2.24, 2.45) is 10.7 Å². The molecule has 1 fully saturated rings. The van der Waals surface area contributed by atoms with Crippen molar-refractivity contribution in [3.05, 3.63) is 0 Å². The van der Waals surface area contributed by atoms with Crippen LogP contribution in [0.25, 0.3) is 0 Å². The molecule has 0 aromatic carbocycles. The van der Waals surface area contributed by atoms with Gasteiger partial charge in [0.2, 0.25) is 0 Å². The van der Waals surface area contributed by atoms with E-state index in [1.807, 2.05) is 18.7 Å². The van der Waals surface area contributed by atoms with Crippen molar-refractivity contribution in [1.29, 1.82) is 0 Å². The van der Waals surface area contributed by atoms with Gasteiger partial charge in [0.05, 0.1) is 18.1 Å². The molecular formula is C11H24N4O2S. The lowest BCUT2D eigenvalue weighted by Crippen LogP contribution is -2.42. The molecule has 6 nitrogen and oxygen atoms in total. The number of guanidine groups is 1. The summed E-state index contributed by atoms with van der Waals surface area (Å²) in [5, 5.41) is 0.